The summed E-state index contributed by atoms with van der Waals surface area (Å²) in [7, 11) is 0. The molecule has 2 heterocycles. The number of aryl methyl sites for hydroxylation is 1. The van der Waals surface area contributed by atoms with Crippen LogP contribution in [0.5, 0.6) is 0 Å². The van der Waals surface area contributed by atoms with Gasteiger partial charge in [0.15, 0.2) is 0 Å². The normalized spacial score (nSPS) is 29.6. The van der Waals surface area contributed by atoms with E-state index in [0.29, 0.717) is 17.9 Å². The van der Waals surface area contributed by atoms with Gasteiger partial charge >= 0.3 is 0 Å². The SMILES string of the molecule is c1csc([C@H]2OCC[C@H]3c4ccccc4CC[C@@H]23)c1. The van der Waals surface area contributed by atoms with Crippen molar-refractivity contribution in [3.05, 3.63) is 57.8 Å². The van der Waals surface area contributed by atoms with Gasteiger partial charge in [0.2, 0.25) is 0 Å². The Balaban J connectivity index is 1.71. The molecule has 0 saturated carbocycles. The second-order valence-corrected chi connectivity index (χ2v) is 6.58. The van der Waals surface area contributed by atoms with Gasteiger partial charge in [0.1, 0.15) is 0 Å². The van der Waals surface area contributed by atoms with Crippen molar-refractivity contribution in [2.45, 2.75) is 31.3 Å². The summed E-state index contributed by atoms with van der Waals surface area (Å²) in [5.74, 6) is 1.37. The maximum Gasteiger partial charge on any atom is 0.0950 e. The lowest BCUT2D eigenvalue weighted by Crippen LogP contribution is -2.32. The molecule has 1 aliphatic carbocycles. The molecule has 0 spiro atoms. The number of hydrogen-bond donors (Lipinski definition) is 0. The molecule has 2 heteroatoms. The minimum absolute atomic E-state index is 0.326. The molecular formula is C17H18OS. The van der Waals surface area contributed by atoms with Crippen LogP contribution in [0, 0.1) is 5.92 Å². The summed E-state index contributed by atoms with van der Waals surface area (Å²) < 4.78 is 6.12. The monoisotopic (exact) mass is 270 g/mol. The first kappa shape index (κ1) is 11.7. The lowest BCUT2D eigenvalue weighted by atomic mass is 9.70. The van der Waals surface area contributed by atoms with Gasteiger partial charge in [-0.25, -0.2) is 0 Å². The van der Waals surface area contributed by atoms with Crippen molar-refractivity contribution in [1.82, 2.24) is 0 Å². The van der Waals surface area contributed by atoms with Crippen LogP contribution >= 0.6 is 11.3 Å². The van der Waals surface area contributed by atoms with Gasteiger partial charge in [-0.2, -0.15) is 0 Å². The van der Waals surface area contributed by atoms with Crippen LogP contribution < -0.4 is 0 Å². The van der Waals surface area contributed by atoms with Crippen molar-refractivity contribution >= 4 is 11.3 Å². The molecule has 3 atom stereocenters. The fourth-order valence-corrected chi connectivity index (χ4v) is 4.65. The average molecular weight is 270 g/mol. The van der Waals surface area contributed by atoms with Crippen LogP contribution in [0.3, 0.4) is 0 Å². The number of thiophene rings is 1. The van der Waals surface area contributed by atoms with Gasteiger partial charge in [0.25, 0.3) is 0 Å². The molecule has 1 aliphatic heterocycles. The summed E-state index contributed by atoms with van der Waals surface area (Å²) in [6.45, 7) is 0.901. The van der Waals surface area contributed by atoms with Crippen LogP contribution in [0.1, 0.15) is 40.9 Å². The number of rotatable bonds is 1. The molecule has 1 aromatic heterocycles. The van der Waals surface area contributed by atoms with Gasteiger partial charge in [-0.3, -0.25) is 0 Å². The Labute approximate surface area is 118 Å². The molecule has 0 bridgehead atoms. The van der Waals surface area contributed by atoms with E-state index in [1.54, 1.807) is 11.1 Å². The van der Waals surface area contributed by atoms with Gasteiger partial charge in [-0.05, 0) is 53.7 Å². The first-order chi connectivity index (χ1) is 9.43. The summed E-state index contributed by atoms with van der Waals surface area (Å²) in [4.78, 5) is 1.41. The van der Waals surface area contributed by atoms with Gasteiger partial charge in [0.05, 0.1) is 6.10 Å². The van der Waals surface area contributed by atoms with Crippen molar-refractivity contribution in [1.29, 1.82) is 0 Å². The standard InChI is InChI=1S/C17H18OS/c1-2-5-13-12(4-1)7-8-15-14(13)9-10-18-17(15)16-6-3-11-19-16/h1-6,11,14-15,17H,7-10H2/t14-,15+,17-/m0/s1. The highest BCUT2D eigenvalue weighted by molar-refractivity contribution is 7.10. The summed E-state index contributed by atoms with van der Waals surface area (Å²) in [6.07, 6.45) is 3.99. The lowest BCUT2D eigenvalue weighted by molar-refractivity contribution is -0.0439. The molecule has 1 fully saturated rings. The Bertz CT molecular complexity index is 560. The number of benzene rings is 1. The Morgan fingerprint density at radius 3 is 2.89 bits per heavy atom. The highest BCUT2D eigenvalue weighted by Gasteiger charge is 2.39. The molecule has 2 aliphatic rings. The number of hydrogen-bond acceptors (Lipinski definition) is 2. The zero-order valence-corrected chi connectivity index (χ0v) is 11.7. The van der Waals surface area contributed by atoms with E-state index in [9.17, 15) is 0 Å². The first-order valence-corrected chi connectivity index (χ1v) is 8.04. The maximum atomic E-state index is 6.12. The lowest BCUT2D eigenvalue weighted by Gasteiger charge is -2.42. The third-order valence-electron chi connectivity index (χ3n) is 4.66. The highest BCUT2D eigenvalue weighted by Crippen LogP contribution is 2.49. The zero-order valence-electron chi connectivity index (χ0n) is 10.9. The first-order valence-electron chi connectivity index (χ1n) is 7.16. The van der Waals surface area contributed by atoms with Crippen LogP contribution in [0.25, 0.3) is 0 Å². The van der Waals surface area contributed by atoms with Crippen LogP contribution in [0.2, 0.25) is 0 Å². The number of fused-ring (bicyclic) bond motifs is 3. The predicted molar refractivity (Wildman–Crippen MR) is 78.6 cm³/mol. The third kappa shape index (κ3) is 1.94. The molecule has 0 unspecified atom stereocenters. The molecule has 19 heavy (non-hydrogen) atoms. The van der Waals surface area contributed by atoms with E-state index in [0.717, 1.165) is 6.61 Å². The smallest absolute Gasteiger partial charge is 0.0950 e. The fourth-order valence-electron chi connectivity index (χ4n) is 3.80. The van der Waals surface area contributed by atoms with Crippen molar-refractivity contribution < 1.29 is 4.74 Å². The number of ether oxygens (including phenoxy) is 1. The van der Waals surface area contributed by atoms with Crippen molar-refractivity contribution in [3.63, 3.8) is 0 Å². The molecule has 0 amide bonds. The Morgan fingerprint density at radius 1 is 1.05 bits per heavy atom. The topological polar surface area (TPSA) is 9.23 Å². The summed E-state index contributed by atoms with van der Waals surface area (Å²) in [5.41, 5.74) is 3.15. The van der Waals surface area contributed by atoms with Crippen molar-refractivity contribution in [2.24, 2.45) is 5.92 Å². The average Bonchev–Trinajstić information content (AvgIpc) is 3.00. The van der Waals surface area contributed by atoms with Crippen LogP contribution in [0.15, 0.2) is 41.8 Å². The quantitative estimate of drug-likeness (QED) is 0.738. The molecule has 0 N–H and O–H groups in total. The predicted octanol–water partition coefficient (Wildman–Crippen LogP) is 4.56. The van der Waals surface area contributed by atoms with Crippen LogP contribution in [0.4, 0.5) is 0 Å². The van der Waals surface area contributed by atoms with Gasteiger partial charge in [0, 0.05) is 11.5 Å². The van der Waals surface area contributed by atoms with E-state index in [2.05, 4.69) is 41.8 Å². The molecular weight excluding hydrogens is 252 g/mol. The van der Waals surface area contributed by atoms with E-state index in [1.807, 2.05) is 11.3 Å². The Morgan fingerprint density at radius 2 is 2.00 bits per heavy atom. The minimum Gasteiger partial charge on any atom is -0.372 e. The Kier molecular flexibility index (Phi) is 2.93. The maximum absolute atomic E-state index is 6.12. The molecule has 98 valence electrons. The van der Waals surface area contributed by atoms with E-state index in [1.165, 1.54) is 24.1 Å². The summed E-state index contributed by atoms with van der Waals surface area (Å²) in [6, 6.07) is 13.4. The minimum atomic E-state index is 0.326. The Hall–Kier alpha value is -1.12. The van der Waals surface area contributed by atoms with Crippen LogP contribution in [-0.2, 0) is 11.2 Å². The molecule has 1 aromatic carbocycles. The van der Waals surface area contributed by atoms with Crippen molar-refractivity contribution in [3.8, 4) is 0 Å². The van der Waals surface area contributed by atoms with Gasteiger partial charge < -0.3 is 4.74 Å². The van der Waals surface area contributed by atoms with Gasteiger partial charge in [-0.1, -0.05) is 30.3 Å². The fraction of sp³-hybridized carbons (Fsp3) is 0.412. The van der Waals surface area contributed by atoms with E-state index in [-0.39, 0.29) is 0 Å². The van der Waals surface area contributed by atoms with E-state index >= 15 is 0 Å². The molecule has 4 rings (SSSR count). The molecule has 0 radical (unpaired) electrons. The third-order valence-corrected chi connectivity index (χ3v) is 5.59. The summed E-state index contributed by atoms with van der Waals surface area (Å²) in [5, 5.41) is 2.17. The second-order valence-electron chi connectivity index (χ2n) is 5.60. The molecule has 1 saturated heterocycles. The van der Waals surface area contributed by atoms with Gasteiger partial charge in [-0.15, -0.1) is 11.3 Å². The van der Waals surface area contributed by atoms with E-state index < -0.39 is 0 Å². The largest absolute Gasteiger partial charge is 0.372 e. The highest BCUT2D eigenvalue weighted by atomic mass is 32.1. The zero-order chi connectivity index (χ0) is 12.7. The van der Waals surface area contributed by atoms with Crippen molar-refractivity contribution in [2.75, 3.05) is 6.61 Å². The molecule has 1 nitrogen and oxygen atoms in total. The molecule has 2 aromatic rings. The van der Waals surface area contributed by atoms with Crippen LogP contribution in [-0.4, -0.2) is 6.61 Å². The summed E-state index contributed by atoms with van der Waals surface area (Å²) >= 11 is 1.84. The van der Waals surface area contributed by atoms with E-state index in [4.69, 9.17) is 4.74 Å². The second kappa shape index (κ2) is 4.77.